The predicted molar refractivity (Wildman–Crippen MR) is 72.1 cm³/mol. The van der Waals surface area contributed by atoms with Crippen LogP contribution >= 0.6 is 0 Å². The molecule has 1 aromatic rings. The summed E-state index contributed by atoms with van der Waals surface area (Å²) in [6.45, 7) is 3.65. The number of nitrogens with zero attached hydrogens (tertiary/aromatic N) is 1. The van der Waals surface area contributed by atoms with Crippen molar-refractivity contribution >= 4 is 16.0 Å². The van der Waals surface area contributed by atoms with Crippen LogP contribution in [0.3, 0.4) is 0 Å². The molecule has 1 fully saturated rings. The topological polar surface area (TPSA) is 83.9 Å². The van der Waals surface area contributed by atoms with E-state index in [1.54, 1.807) is 13.8 Å². The number of hydrogen-bond acceptors (Lipinski definition) is 4. The Balaban J connectivity index is 2.49. The lowest BCUT2D eigenvalue weighted by Gasteiger charge is -2.34. The summed E-state index contributed by atoms with van der Waals surface area (Å²) < 4.78 is 45.1. The van der Waals surface area contributed by atoms with Crippen molar-refractivity contribution in [2.45, 2.75) is 31.0 Å². The second-order valence-electron chi connectivity index (χ2n) is 5.02. The molecule has 0 aliphatic carbocycles. The normalized spacial score (nSPS) is 24.0. The van der Waals surface area contributed by atoms with Crippen molar-refractivity contribution in [1.29, 1.82) is 0 Å². The van der Waals surface area contributed by atoms with Gasteiger partial charge in [0.1, 0.15) is 5.82 Å². The number of carbonyl (C=O) groups is 1. The van der Waals surface area contributed by atoms with E-state index in [9.17, 15) is 17.6 Å². The van der Waals surface area contributed by atoms with Gasteiger partial charge in [0.25, 0.3) is 0 Å². The van der Waals surface area contributed by atoms with E-state index in [1.807, 2.05) is 0 Å². The standard InChI is InChI=1S/C13H16FNO5S/c1-8-6-15(7-9(2)20-8)21(18,19)12-5-10(14)3-4-11(12)13(16)17/h3-5,8-9H,6-7H2,1-2H3,(H,16,17). The number of sulfonamides is 1. The smallest absolute Gasteiger partial charge is 0.337 e. The Morgan fingerprint density at radius 1 is 1.33 bits per heavy atom. The number of carboxylic acids is 1. The third-order valence-corrected chi connectivity index (χ3v) is 5.05. The molecule has 116 valence electrons. The van der Waals surface area contributed by atoms with Crippen molar-refractivity contribution < 1.29 is 27.4 Å². The third kappa shape index (κ3) is 3.22. The average molecular weight is 317 g/mol. The number of ether oxygens (including phenoxy) is 1. The second kappa shape index (κ2) is 5.70. The molecule has 1 aromatic carbocycles. The Labute approximate surface area is 122 Å². The van der Waals surface area contributed by atoms with Crippen LogP contribution in [0.15, 0.2) is 23.1 Å². The fourth-order valence-corrected chi connectivity index (χ4v) is 4.14. The van der Waals surface area contributed by atoms with Crippen LogP contribution in [-0.2, 0) is 14.8 Å². The van der Waals surface area contributed by atoms with E-state index in [0.29, 0.717) is 0 Å². The van der Waals surface area contributed by atoms with Gasteiger partial charge in [-0.25, -0.2) is 17.6 Å². The Hall–Kier alpha value is -1.51. The van der Waals surface area contributed by atoms with E-state index in [-0.39, 0.29) is 25.3 Å². The molecule has 21 heavy (non-hydrogen) atoms. The zero-order valence-corrected chi connectivity index (χ0v) is 12.4. The first-order valence-corrected chi connectivity index (χ1v) is 7.84. The highest BCUT2D eigenvalue weighted by atomic mass is 32.2. The van der Waals surface area contributed by atoms with Gasteiger partial charge in [0.05, 0.1) is 22.7 Å². The van der Waals surface area contributed by atoms with Gasteiger partial charge in [-0.15, -0.1) is 0 Å². The highest BCUT2D eigenvalue weighted by Gasteiger charge is 2.34. The molecular weight excluding hydrogens is 301 g/mol. The van der Waals surface area contributed by atoms with Gasteiger partial charge in [-0.2, -0.15) is 4.31 Å². The number of halogens is 1. The van der Waals surface area contributed by atoms with Crippen LogP contribution in [0.5, 0.6) is 0 Å². The first-order valence-electron chi connectivity index (χ1n) is 6.40. The third-order valence-electron chi connectivity index (χ3n) is 3.18. The molecule has 2 unspecified atom stereocenters. The van der Waals surface area contributed by atoms with Crippen LogP contribution in [0, 0.1) is 5.82 Å². The molecule has 8 heteroatoms. The van der Waals surface area contributed by atoms with E-state index >= 15 is 0 Å². The van der Waals surface area contributed by atoms with Gasteiger partial charge in [0.2, 0.25) is 10.0 Å². The molecule has 2 atom stereocenters. The molecule has 0 radical (unpaired) electrons. The highest BCUT2D eigenvalue weighted by Crippen LogP contribution is 2.24. The molecule has 0 bridgehead atoms. The minimum atomic E-state index is -4.09. The molecule has 1 aliphatic rings. The fourth-order valence-electron chi connectivity index (χ4n) is 2.35. The van der Waals surface area contributed by atoms with Crippen LogP contribution in [0.2, 0.25) is 0 Å². The van der Waals surface area contributed by atoms with Gasteiger partial charge in [-0.3, -0.25) is 0 Å². The molecule has 1 N–H and O–H groups in total. The summed E-state index contributed by atoms with van der Waals surface area (Å²) in [5, 5.41) is 9.09. The largest absolute Gasteiger partial charge is 0.478 e. The molecule has 0 amide bonds. The Kier molecular flexibility index (Phi) is 4.31. The van der Waals surface area contributed by atoms with Crippen LogP contribution in [0.25, 0.3) is 0 Å². The van der Waals surface area contributed by atoms with Gasteiger partial charge < -0.3 is 9.84 Å². The van der Waals surface area contributed by atoms with E-state index < -0.39 is 32.3 Å². The van der Waals surface area contributed by atoms with E-state index in [1.165, 1.54) is 0 Å². The van der Waals surface area contributed by atoms with Gasteiger partial charge in [0, 0.05) is 13.1 Å². The fraction of sp³-hybridized carbons (Fsp3) is 0.462. The quantitative estimate of drug-likeness (QED) is 0.909. The molecule has 0 aromatic heterocycles. The first-order chi connectivity index (χ1) is 9.71. The van der Waals surface area contributed by atoms with E-state index in [0.717, 1.165) is 22.5 Å². The highest BCUT2D eigenvalue weighted by molar-refractivity contribution is 7.89. The van der Waals surface area contributed by atoms with Gasteiger partial charge >= 0.3 is 5.97 Å². The summed E-state index contributed by atoms with van der Waals surface area (Å²) in [4.78, 5) is 10.6. The number of carboxylic acid groups (broad SMARTS) is 1. The van der Waals surface area contributed by atoms with Crippen molar-refractivity contribution in [2.75, 3.05) is 13.1 Å². The van der Waals surface area contributed by atoms with Crippen molar-refractivity contribution in [1.82, 2.24) is 4.31 Å². The maximum atomic E-state index is 13.4. The number of benzene rings is 1. The van der Waals surface area contributed by atoms with Crippen molar-refractivity contribution in [2.24, 2.45) is 0 Å². The average Bonchev–Trinajstić information content (AvgIpc) is 2.37. The molecule has 2 rings (SSSR count). The number of rotatable bonds is 3. The summed E-state index contributed by atoms with van der Waals surface area (Å²) in [7, 11) is -4.09. The Morgan fingerprint density at radius 3 is 2.43 bits per heavy atom. The Bertz CT molecular complexity index is 651. The predicted octanol–water partition coefficient (Wildman–Crippen LogP) is 1.32. The zero-order valence-electron chi connectivity index (χ0n) is 11.6. The molecular formula is C13H16FNO5S. The minimum Gasteiger partial charge on any atom is -0.478 e. The maximum Gasteiger partial charge on any atom is 0.337 e. The Morgan fingerprint density at radius 2 is 1.90 bits per heavy atom. The zero-order chi connectivity index (χ0) is 15.8. The van der Waals surface area contributed by atoms with Crippen LogP contribution in [-0.4, -0.2) is 49.1 Å². The van der Waals surface area contributed by atoms with Crippen LogP contribution < -0.4 is 0 Å². The number of morpholine rings is 1. The molecule has 1 saturated heterocycles. The monoisotopic (exact) mass is 317 g/mol. The summed E-state index contributed by atoms with van der Waals surface area (Å²) in [6, 6.07) is 2.62. The number of aromatic carboxylic acids is 1. The van der Waals surface area contributed by atoms with Crippen LogP contribution in [0.1, 0.15) is 24.2 Å². The first kappa shape index (κ1) is 15.9. The van der Waals surface area contributed by atoms with Crippen molar-refractivity contribution in [3.8, 4) is 0 Å². The maximum absolute atomic E-state index is 13.4. The second-order valence-corrected chi connectivity index (χ2v) is 6.93. The summed E-state index contributed by atoms with van der Waals surface area (Å²) in [5.74, 6) is -2.21. The van der Waals surface area contributed by atoms with Gasteiger partial charge in [-0.1, -0.05) is 0 Å². The van der Waals surface area contributed by atoms with E-state index in [4.69, 9.17) is 9.84 Å². The molecule has 0 saturated carbocycles. The lowest BCUT2D eigenvalue weighted by molar-refractivity contribution is -0.0440. The van der Waals surface area contributed by atoms with Gasteiger partial charge in [0.15, 0.2) is 0 Å². The van der Waals surface area contributed by atoms with Gasteiger partial charge in [-0.05, 0) is 32.0 Å². The molecule has 0 spiro atoms. The summed E-state index contributed by atoms with van der Waals surface area (Å²) in [6.07, 6.45) is -0.629. The summed E-state index contributed by atoms with van der Waals surface area (Å²) >= 11 is 0. The minimum absolute atomic E-state index is 0.0995. The lowest BCUT2D eigenvalue weighted by Crippen LogP contribution is -2.48. The molecule has 1 heterocycles. The summed E-state index contributed by atoms with van der Waals surface area (Å²) in [5.41, 5.74) is -0.441. The lowest BCUT2D eigenvalue weighted by atomic mass is 10.2. The van der Waals surface area contributed by atoms with Crippen LogP contribution in [0.4, 0.5) is 4.39 Å². The molecule has 6 nitrogen and oxygen atoms in total. The molecule has 1 aliphatic heterocycles. The SMILES string of the molecule is CC1CN(S(=O)(=O)c2cc(F)ccc2C(=O)O)CC(C)O1. The van der Waals surface area contributed by atoms with Crippen molar-refractivity contribution in [3.05, 3.63) is 29.6 Å². The van der Waals surface area contributed by atoms with E-state index in [2.05, 4.69) is 0 Å². The number of hydrogen-bond donors (Lipinski definition) is 1. The van der Waals surface area contributed by atoms with Crippen molar-refractivity contribution in [3.63, 3.8) is 0 Å².